The highest BCUT2D eigenvalue weighted by atomic mass is 32.2. The molecule has 8 atom stereocenters. The van der Waals surface area contributed by atoms with Gasteiger partial charge in [-0.2, -0.15) is 4.31 Å². The van der Waals surface area contributed by atoms with E-state index >= 15 is 0 Å². The van der Waals surface area contributed by atoms with Gasteiger partial charge in [0.1, 0.15) is 36.3 Å². The molecule has 10 N–H and O–H groups in total. The number of imidazole rings is 1. The molecule has 1 saturated heterocycles. The molecule has 2 amide bonds. The van der Waals surface area contributed by atoms with Crippen molar-refractivity contribution in [1.82, 2.24) is 30.2 Å². The number of aromatic nitrogens is 4. The minimum absolute atomic E-state index is 0.0344. The number of ether oxygens (including phenoxy) is 1. The molecule has 24 nitrogen and oxygen atoms in total. The molecule has 1 fully saturated rings. The Labute approximate surface area is 439 Å². The van der Waals surface area contributed by atoms with Gasteiger partial charge in [-0.3, -0.25) is 32.5 Å². The van der Waals surface area contributed by atoms with E-state index in [0.29, 0.717) is 18.1 Å². The third-order valence-corrected chi connectivity index (χ3v) is 16.7. The van der Waals surface area contributed by atoms with Crippen LogP contribution in [-0.4, -0.2) is 123 Å². The van der Waals surface area contributed by atoms with E-state index in [1.54, 1.807) is 0 Å². The largest absolute Gasteiger partial charge is 0.481 e. The number of unbranched alkanes of at least 4 members (excludes halogenated alkanes) is 16. The summed E-state index contributed by atoms with van der Waals surface area (Å²) in [5.41, 5.74) is 4.30. The normalized spacial score (nSPS) is 19.8. The van der Waals surface area contributed by atoms with Crippen LogP contribution in [0.4, 0.5) is 5.82 Å². The van der Waals surface area contributed by atoms with Crippen molar-refractivity contribution in [2.75, 3.05) is 37.8 Å². The number of nitrogen functional groups attached to an aromatic ring is 1. The number of anilines is 1. The second kappa shape index (κ2) is 33.8. The highest BCUT2D eigenvalue weighted by molar-refractivity contribution is 8.13. The second-order valence-corrected chi connectivity index (χ2v) is 25.1. The maximum absolute atomic E-state index is 12.8. The SMILES string of the molecule is CCCCCCCCCCCCCCCCCCCC(C)CCCC(=O)SCCNC(=O)CCNC(=O)C(O)C(C)(C)COP(=O)(O)OP(=O)(O)OCC1OC(n2cnc3c(N)ncnc32)C(O)C1OP(=O)(O)O. The Balaban J connectivity index is 1.23. The van der Waals surface area contributed by atoms with E-state index in [1.165, 1.54) is 129 Å². The van der Waals surface area contributed by atoms with Gasteiger partial charge < -0.3 is 50.9 Å². The minimum atomic E-state index is -5.58. The van der Waals surface area contributed by atoms with Gasteiger partial charge in [0, 0.05) is 37.1 Å². The van der Waals surface area contributed by atoms with Crippen LogP contribution >= 0.6 is 35.2 Å². The number of aliphatic hydroxyl groups is 2. The Morgan fingerprint density at radius 1 is 0.811 bits per heavy atom. The molecular formula is C46H84N7O17P3S. The minimum Gasteiger partial charge on any atom is -0.386 e. The van der Waals surface area contributed by atoms with Crippen LogP contribution in [0.15, 0.2) is 12.7 Å². The van der Waals surface area contributed by atoms with Crippen LogP contribution in [0.3, 0.4) is 0 Å². The molecule has 0 radical (unpaired) electrons. The van der Waals surface area contributed by atoms with Gasteiger partial charge in [-0.05, 0) is 12.3 Å². The van der Waals surface area contributed by atoms with Gasteiger partial charge in [0.25, 0.3) is 0 Å². The van der Waals surface area contributed by atoms with Crippen LogP contribution < -0.4 is 16.4 Å². The molecule has 1 aliphatic rings. The maximum atomic E-state index is 12.8. The lowest BCUT2D eigenvalue weighted by Gasteiger charge is -2.30. The predicted octanol–water partition coefficient (Wildman–Crippen LogP) is 7.51. The lowest BCUT2D eigenvalue weighted by atomic mass is 9.87. The first-order chi connectivity index (χ1) is 34.9. The van der Waals surface area contributed by atoms with Crippen LogP contribution in [0.1, 0.15) is 175 Å². The topological polar surface area (TPSA) is 364 Å². The Morgan fingerprint density at radius 2 is 1.38 bits per heavy atom. The zero-order valence-corrected chi connectivity index (χ0v) is 47.0. The number of nitrogens with zero attached hydrogens (tertiary/aromatic N) is 4. The van der Waals surface area contributed by atoms with Crippen molar-refractivity contribution < 1.29 is 80.5 Å². The average Bonchev–Trinajstić information content (AvgIpc) is 3.89. The van der Waals surface area contributed by atoms with Gasteiger partial charge >= 0.3 is 23.5 Å². The standard InChI is InChI=1S/C46H84N7O17P3S/c1-5-6-7-8-9-10-11-12-13-14-15-16-17-18-19-20-21-23-34(2)24-22-25-37(55)74-29-28-48-36(54)26-27-49-44(58)41(57)46(3,4)31-67-73(64,65)70-72(62,63)66-30-35-40(69-71(59,60)61)39(56)45(68-35)53-33-52-38-42(47)50-32-51-43(38)53/h32-35,39-41,45,56-57H,5-31H2,1-4H3,(H,48,54)(H,49,58)(H,62,63)(H,64,65)(H2,47,50,51)(H2,59,60,61). The summed E-state index contributed by atoms with van der Waals surface area (Å²) in [6.45, 7) is 5.10. The number of fused-ring (bicyclic) bond motifs is 1. The highest BCUT2D eigenvalue weighted by Gasteiger charge is 2.50. The van der Waals surface area contributed by atoms with Crippen LogP contribution in [0, 0.1) is 11.3 Å². The van der Waals surface area contributed by atoms with Gasteiger partial charge in [-0.1, -0.05) is 161 Å². The number of hydrogen-bond donors (Lipinski definition) is 9. The third-order valence-electron chi connectivity index (χ3n) is 12.6. The van der Waals surface area contributed by atoms with Crippen molar-refractivity contribution in [3.8, 4) is 0 Å². The molecule has 74 heavy (non-hydrogen) atoms. The molecule has 0 saturated carbocycles. The molecule has 0 aliphatic carbocycles. The first-order valence-corrected chi connectivity index (χ1v) is 31.5. The first-order valence-electron chi connectivity index (χ1n) is 26.0. The van der Waals surface area contributed by atoms with Crippen molar-refractivity contribution in [1.29, 1.82) is 0 Å². The Kier molecular flexibility index (Phi) is 30.0. The highest BCUT2D eigenvalue weighted by Crippen LogP contribution is 2.61. The summed E-state index contributed by atoms with van der Waals surface area (Å²) < 4.78 is 62.6. The fourth-order valence-corrected chi connectivity index (χ4v) is 11.9. The first kappa shape index (κ1) is 65.8. The summed E-state index contributed by atoms with van der Waals surface area (Å²) >= 11 is 1.16. The van der Waals surface area contributed by atoms with Gasteiger partial charge in [0.05, 0.1) is 19.5 Å². The third kappa shape index (κ3) is 25.8. The van der Waals surface area contributed by atoms with E-state index in [-0.39, 0.29) is 41.6 Å². The second-order valence-electron chi connectivity index (χ2n) is 19.7. The molecule has 8 unspecified atom stereocenters. The quantitative estimate of drug-likeness (QED) is 0.0230. The molecule has 28 heteroatoms. The monoisotopic (exact) mass is 1130 g/mol. The van der Waals surface area contributed by atoms with Crippen molar-refractivity contribution in [3.05, 3.63) is 12.7 Å². The summed E-state index contributed by atoms with van der Waals surface area (Å²) in [5.74, 6) is -0.442. The number of thioether (sulfide) groups is 1. The zero-order valence-electron chi connectivity index (χ0n) is 43.5. The molecule has 426 valence electrons. The summed E-state index contributed by atoms with van der Waals surface area (Å²) in [6, 6.07) is 0. The van der Waals surface area contributed by atoms with E-state index < -0.39 is 84.6 Å². The molecular weight excluding hydrogens is 1050 g/mol. The number of nitrogens with two attached hydrogens (primary N) is 1. The van der Waals surface area contributed by atoms with E-state index in [0.717, 1.165) is 41.8 Å². The number of amides is 2. The lowest BCUT2D eigenvalue weighted by Crippen LogP contribution is -2.46. The molecule has 2 aromatic heterocycles. The molecule has 0 bridgehead atoms. The molecule has 1 aliphatic heterocycles. The van der Waals surface area contributed by atoms with E-state index in [2.05, 4.69) is 48.3 Å². The van der Waals surface area contributed by atoms with Crippen LogP contribution in [-0.2, 0) is 50.7 Å². The average molecular weight is 1130 g/mol. The summed E-state index contributed by atoms with van der Waals surface area (Å²) in [5, 5.41) is 26.8. The number of phosphoric acid groups is 3. The number of phosphoric ester groups is 3. The van der Waals surface area contributed by atoms with Crippen LogP contribution in [0.2, 0.25) is 0 Å². The number of aliphatic hydroxyl groups excluding tert-OH is 2. The van der Waals surface area contributed by atoms with Gasteiger partial charge in [-0.15, -0.1) is 0 Å². The molecule has 0 spiro atoms. The maximum Gasteiger partial charge on any atom is 0.481 e. The summed E-state index contributed by atoms with van der Waals surface area (Å²) in [6.07, 6.45) is 19.7. The number of carbonyl (C=O) groups excluding carboxylic acids is 3. The van der Waals surface area contributed by atoms with E-state index in [9.17, 15) is 57.9 Å². The van der Waals surface area contributed by atoms with Gasteiger partial charge in [0.15, 0.2) is 22.8 Å². The van der Waals surface area contributed by atoms with Crippen molar-refractivity contribution in [2.45, 2.75) is 200 Å². The van der Waals surface area contributed by atoms with Crippen molar-refractivity contribution in [2.24, 2.45) is 11.3 Å². The predicted molar refractivity (Wildman–Crippen MR) is 279 cm³/mol. The number of nitrogens with one attached hydrogen (secondary N) is 2. The summed E-state index contributed by atoms with van der Waals surface area (Å²) in [7, 11) is -16.4. The Hall–Kier alpha value is -2.44. The Morgan fingerprint density at radius 3 is 1.97 bits per heavy atom. The lowest BCUT2D eigenvalue weighted by molar-refractivity contribution is -0.137. The van der Waals surface area contributed by atoms with Gasteiger partial charge in [-0.25, -0.2) is 28.6 Å². The van der Waals surface area contributed by atoms with Crippen molar-refractivity contribution >= 4 is 69.1 Å². The fraction of sp³-hybridized carbons (Fsp3) is 0.826. The number of hydrogen-bond acceptors (Lipinski definition) is 18. The zero-order chi connectivity index (χ0) is 54.8. The Bertz CT molecular complexity index is 2140. The van der Waals surface area contributed by atoms with E-state index in [4.69, 9.17) is 19.5 Å². The van der Waals surface area contributed by atoms with Crippen LogP contribution in [0.25, 0.3) is 11.2 Å². The number of rotatable bonds is 41. The van der Waals surface area contributed by atoms with Crippen molar-refractivity contribution in [3.63, 3.8) is 0 Å². The summed E-state index contributed by atoms with van der Waals surface area (Å²) in [4.78, 5) is 88.8. The number of carbonyl (C=O) groups is 3. The van der Waals surface area contributed by atoms with Crippen LogP contribution in [0.5, 0.6) is 0 Å². The van der Waals surface area contributed by atoms with Gasteiger partial charge in [0.2, 0.25) is 11.8 Å². The smallest absolute Gasteiger partial charge is 0.386 e. The molecule has 2 aromatic rings. The van der Waals surface area contributed by atoms with E-state index in [1.807, 2.05) is 0 Å². The fourth-order valence-electron chi connectivity index (χ4n) is 8.32. The molecule has 3 heterocycles. The molecule has 0 aromatic carbocycles. The molecule has 3 rings (SSSR count).